The highest BCUT2D eigenvalue weighted by Crippen LogP contribution is 2.41. The highest BCUT2D eigenvalue weighted by atomic mass is 35.5. The molecule has 0 aliphatic carbocycles. The molecule has 2 aromatic carbocycles. The fraction of sp³-hybridized carbons (Fsp3) is 0.523. The first-order chi connectivity index (χ1) is 26.2. The average Bonchev–Trinajstić information content (AvgIpc) is 3.44. The number of phenolic OH excluding ortho intramolecular Hbond substituents is 2. The van der Waals surface area contributed by atoms with E-state index in [1.165, 1.54) is 44.9 Å². The Hall–Kier alpha value is -3.79. The van der Waals surface area contributed by atoms with E-state index in [1.54, 1.807) is 41.1 Å². The van der Waals surface area contributed by atoms with Crippen molar-refractivity contribution in [1.29, 1.82) is 0 Å². The highest BCUT2D eigenvalue weighted by molar-refractivity contribution is 6.33. The molecule has 3 N–H and O–H groups in total. The van der Waals surface area contributed by atoms with Crippen molar-refractivity contribution in [3.05, 3.63) is 73.3 Å². The third-order valence-electron chi connectivity index (χ3n) is 9.90. The van der Waals surface area contributed by atoms with Crippen molar-refractivity contribution in [1.82, 2.24) is 0 Å². The Bertz CT molecular complexity index is 1710. The first kappa shape index (κ1) is 47.4. The van der Waals surface area contributed by atoms with E-state index in [-0.39, 0.29) is 46.0 Å². The SMILES string of the molecule is C/C(=C\Cc1c(O)c(Cl)c(C)c(/C=N/O)c1O)CC/C=C(\C)[C@@H]1CC(=O)C(C)(C)O1.CCCCCCCCCC/C=C/c1c(OC)c(Cl)cc(C=O)c1OC. The van der Waals surface area contributed by atoms with Gasteiger partial charge in [-0.3, -0.25) is 9.59 Å². The van der Waals surface area contributed by atoms with E-state index in [2.05, 4.69) is 24.2 Å². The second-order valence-electron chi connectivity index (χ2n) is 14.5. The number of rotatable bonds is 20. The summed E-state index contributed by atoms with van der Waals surface area (Å²) < 4.78 is 16.6. The normalized spacial score (nSPS) is 15.8. The summed E-state index contributed by atoms with van der Waals surface area (Å²) in [6.45, 7) is 11.4. The van der Waals surface area contributed by atoms with Gasteiger partial charge in [-0.2, -0.15) is 0 Å². The lowest BCUT2D eigenvalue weighted by molar-refractivity contribution is -0.129. The number of aromatic hydroxyl groups is 2. The number of unbranched alkanes of at least 4 members (excludes halogenated alkanes) is 8. The summed E-state index contributed by atoms with van der Waals surface area (Å²) in [5.41, 5.74) is 3.56. The van der Waals surface area contributed by atoms with Crippen LogP contribution in [0.15, 0.2) is 40.6 Å². The molecule has 1 atom stereocenters. The Balaban J connectivity index is 0.000000387. The van der Waals surface area contributed by atoms with Gasteiger partial charge in [-0.1, -0.05) is 110 Å². The first-order valence-electron chi connectivity index (χ1n) is 19.2. The predicted octanol–water partition coefficient (Wildman–Crippen LogP) is 11.9. The zero-order valence-electron chi connectivity index (χ0n) is 33.9. The Kier molecular flexibility index (Phi) is 20.6. The number of hydrogen-bond acceptors (Lipinski definition) is 9. The largest absolute Gasteiger partial charge is 0.507 e. The zero-order chi connectivity index (χ0) is 41.1. The Labute approximate surface area is 338 Å². The maximum Gasteiger partial charge on any atom is 0.167 e. The molecule has 0 unspecified atom stereocenters. The smallest absolute Gasteiger partial charge is 0.167 e. The molecule has 0 saturated carbocycles. The lowest BCUT2D eigenvalue weighted by Crippen LogP contribution is -2.27. The second-order valence-corrected chi connectivity index (χ2v) is 15.3. The third kappa shape index (κ3) is 14.0. The maximum atomic E-state index is 11.9. The van der Waals surface area contributed by atoms with Crippen LogP contribution in [0.3, 0.4) is 0 Å². The number of benzene rings is 2. The number of methoxy groups -OCH3 is 2. The summed E-state index contributed by atoms with van der Waals surface area (Å²) >= 11 is 12.4. The lowest BCUT2D eigenvalue weighted by atomic mass is 9.98. The highest BCUT2D eigenvalue weighted by Gasteiger charge is 2.40. The van der Waals surface area contributed by atoms with E-state index in [9.17, 15) is 19.8 Å². The molecule has 1 aliphatic heterocycles. The van der Waals surface area contributed by atoms with Crippen LogP contribution < -0.4 is 9.47 Å². The molecule has 1 saturated heterocycles. The number of Topliss-reactive ketones (excluding diaryl/α,β-unsaturated/α-hetero) is 1. The van der Waals surface area contributed by atoms with Crippen LogP contribution in [-0.2, 0) is 16.0 Å². The number of hydrogen-bond donors (Lipinski definition) is 3. The van der Waals surface area contributed by atoms with Crippen molar-refractivity contribution < 1.29 is 39.2 Å². The number of ether oxygens (including phenoxy) is 3. The predicted molar refractivity (Wildman–Crippen MR) is 224 cm³/mol. The zero-order valence-corrected chi connectivity index (χ0v) is 35.4. The van der Waals surface area contributed by atoms with Gasteiger partial charge >= 0.3 is 0 Å². The van der Waals surface area contributed by atoms with Crippen LogP contribution >= 0.6 is 23.2 Å². The number of oxime groups is 1. The summed E-state index contributed by atoms with van der Waals surface area (Å²) in [7, 11) is 3.11. The molecule has 0 radical (unpaired) electrons. The van der Waals surface area contributed by atoms with Crippen LogP contribution in [0.25, 0.3) is 6.08 Å². The number of carbonyl (C=O) groups is 2. The van der Waals surface area contributed by atoms with Gasteiger partial charge < -0.3 is 29.6 Å². The quantitative estimate of drug-likeness (QED) is 0.0301. The summed E-state index contributed by atoms with van der Waals surface area (Å²) in [6, 6.07) is 1.57. The molecule has 2 aromatic rings. The van der Waals surface area contributed by atoms with E-state index in [4.69, 9.17) is 42.6 Å². The van der Waals surface area contributed by atoms with E-state index in [0.29, 0.717) is 34.1 Å². The van der Waals surface area contributed by atoms with Crippen LogP contribution in [0.2, 0.25) is 10.0 Å². The van der Waals surface area contributed by atoms with Gasteiger partial charge in [0.1, 0.15) is 28.6 Å². The van der Waals surface area contributed by atoms with Crippen molar-refractivity contribution in [2.75, 3.05) is 14.2 Å². The van der Waals surface area contributed by atoms with Crippen molar-refractivity contribution in [3.63, 3.8) is 0 Å². The fourth-order valence-corrected chi connectivity index (χ4v) is 6.90. The average molecular weight is 803 g/mol. The first-order valence-corrected chi connectivity index (χ1v) is 19.9. The maximum absolute atomic E-state index is 11.9. The molecule has 0 amide bonds. The van der Waals surface area contributed by atoms with Gasteiger partial charge in [-0.15, -0.1) is 0 Å². The lowest BCUT2D eigenvalue weighted by Gasteiger charge is -2.18. The minimum Gasteiger partial charge on any atom is -0.507 e. The van der Waals surface area contributed by atoms with Gasteiger partial charge in [0.2, 0.25) is 0 Å². The third-order valence-corrected chi connectivity index (χ3v) is 10.6. The number of phenols is 2. The minimum atomic E-state index is -0.714. The molecule has 11 heteroatoms. The summed E-state index contributed by atoms with van der Waals surface area (Å²) in [5.74, 6) is 0.836. The van der Waals surface area contributed by atoms with Crippen LogP contribution in [0.1, 0.15) is 144 Å². The summed E-state index contributed by atoms with van der Waals surface area (Å²) in [5, 5.41) is 33.1. The molecular formula is C44H61Cl2NO8. The molecule has 1 fully saturated rings. The van der Waals surface area contributed by atoms with Crippen LogP contribution in [0.5, 0.6) is 23.0 Å². The monoisotopic (exact) mass is 801 g/mol. The molecular weight excluding hydrogens is 741 g/mol. The van der Waals surface area contributed by atoms with Gasteiger partial charge in [-0.25, -0.2) is 0 Å². The van der Waals surface area contributed by atoms with E-state index in [1.807, 2.05) is 26.0 Å². The molecule has 0 bridgehead atoms. The molecule has 0 spiro atoms. The van der Waals surface area contributed by atoms with Gasteiger partial charge in [0.05, 0.1) is 47.7 Å². The van der Waals surface area contributed by atoms with Gasteiger partial charge in [0.25, 0.3) is 0 Å². The van der Waals surface area contributed by atoms with Crippen LogP contribution in [0.4, 0.5) is 0 Å². The second kappa shape index (κ2) is 24.0. The number of allylic oxidation sites excluding steroid dienone is 4. The number of carbonyl (C=O) groups excluding carboxylic acids is 2. The number of halogens is 2. The molecule has 304 valence electrons. The fourth-order valence-electron chi connectivity index (χ4n) is 6.38. The minimum absolute atomic E-state index is 0.122. The molecule has 55 heavy (non-hydrogen) atoms. The standard InChI is InChI=1S/C23H30ClNO5.C21H31ClO3/c1-13(7-6-8-14(2)18-11-19(26)23(4,5)30-18)9-10-16-21(27)17(12-25-29)15(3)20(24)22(16)28;1-4-5-6-7-8-9-10-11-12-13-14-18-20(24-2)17(16-23)15-19(22)21(18)25-3/h8-9,12,18,27-29H,6-7,10-11H2,1-5H3;13-16H,4-12H2,1-3H3/b13-9+,14-8+,25-12+;14-13+/t18-;/m0./s1. The van der Waals surface area contributed by atoms with E-state index in [0.717, 1.165) is 54.9 Å². The molecule has 1 aliphatic rings. The summed E-state index contributed by atoms with van der Waals surface area (Å²) in [4.78, 5) is 23.2. The number of ketones is 1. The molecule has 0 aromatic heterocycles. The Morgan fingerprint density at radius 1 is 0.964 bits per heavy atom. The van der Waals surface area contributed by atoms with Crippen molar-refractivity contribution in [3.8, 4) is 23.0 Å². The molecule has 9 nitrogen and oxygen atoms in total. The van der Waals surface area contributed by atoms with Crippen molar-refractivity contribution >= 4 is 47.6 Å². The van der Waals surface area contributed by atoms with Gasteiger partial charge in [0.15, 0.2) is 12.1 Å². The molecule has 1 heterocycles. The number of aldehydes is 1. The van der Waals surface area contributed by atoms with E-state index < -0.39 is 5.60 Å². The van der Waals surface area contributed by atoms with Gasteiger partial charge in [0, 0.05) is 17.5 Å². The van der Waals surface area contributed by atoms with Crippen LogP contribution in [-0.4, -0.2) is 59.6 Å². The molecule has 3 rings (SSSR count). The summed E-state index contributed by atoms with van der Waals surface area (Å²) in [6.07, 6.45) is 23.4. The topological polar surface area (TPSA) is 135 Å². The van der Waals surface area contributed by atoms with E-state index >= 15 is 0 Å². The van der Waals surface area contributed by atoms with Crippen LogP contribution in [0, 0.1) is 6.92 Å². The Morgan fingerprint density at radius 3 is 2.16 bits per heavy atom. The number of nitrogens with zero attached hydrogens (tertiary/aromatic N) is 1. The van der Waals surface area contributed by atoms with Crippen molar-refractivity contribution in [2.24, 2.45) is 5.16 Å². The Morgan fingerprint density at radius 2 is 1.60 bits per heavy atom. The van der Waals surface area contributed by atoms with Crippen molar-refractivity contribution in [2.45, 2.75) is 137 Å². The van der Waals surface area contributed by atoms with Gasteiger partial charge in [-0.05, 0) is 83.9 Å².